The van der Waals surface area contributed by atoms with E-state index in [0.717, 1.165) is 85.2 Å². The molecule has 11 heteroatoms. The van der Waals surface area contributed by atoms with Gasteiger partial charge in [-0.1, -0.05) is 24.6 Å². The second kappa shape index (κ2) is 10.4. The molecule has 0 unspecified atom stereocenters. The van der Waals surface area contributed by atoms with Gasteiger partial charge in [0.2, 0.25) is 10.0 Å². The number of hydrogen-bond acceptors (Lipinski definition) is 8. The molecule has 1 aromatic carbocycles. The molecule has 4 aromatic rings. The molecule has 2 aliphatic rings. The van der Waals surface area contributed by atoms with Crippen molar-refractivity contribution in [2.45, 2.75) is 38.0 Å². The lowest BCUT2D eigenvalue weighted by Gasteiger charge is -2.30. The molecule has 3 aromatic heterocycles. The Bertz CT molecular complexity index is 1720. The van der Waals surface area contributed by atoms with E-state index >= 15 is 0 Å². The molecule has 1 aliphatic carbocycles. The van der Waals surface area contributed by atoms with Gasteiger partial charge in [-0.25, -0.2) is 27.8 Å². The summed E-state index contributed by atoms with van der Waals surface area (Å²) in [5.41, 5.74) is 3.70. The molecule has 6 rings (SSSR count). The largest absolute Gasteiger partial charge is 0.357 e. The van der Waals surface area contributed by atoms with Crippen LogP contribution in [0.25, 0.3) is 27.8 Å². The van der Waals surface area contributed by atoms with Crippen LogP contribution in [0.1, 0.15) is 54.2 Å². The number of sulfonamides is 1. The average Bonchev–Trinajstić information content (AvgIpc) is 3.30. The van der Waals surface area contributed by atoms with Gasteiger partial charge in [-0.15, -0.1) is 0 Å². The number of amides is 1. The minimum Gasteiger partial charge on any atom is -0.357 e. The standard InChI is InChI=1S/C29H29N7O3S/c1-40(38,39)34-29(37)24-16-23(21-10-11-25(31-18-21)35-14-12-19(17-30)13-15-35)26-27(20-6-5-7-20)33-36(28(26)32-24)22-8-3-2-4-9-22/h2-4,8-11,16,18-20H,5-7,12-15H2,1H3,(H,34,37). The van der Waals surface area contributed by atoms with Crippen LogP contribution in [0.5, 0.6) is 0 Å². The topological polar surface area (TPSA) is 134 Å². The van der Waals surface area contributed by atoms with E-state index in [2.05, 4.69) is 16.0 Å². The van der Waals surface area contributed by atoms with Crippen LogP contribution in [-0.2, 0) is 10.0 Å². The maximum Gasteiger partial charge on any atom is 0.283 e. The minimum atomic E-state index is -3.79. The molecule has 1 saturated carbocycles. The van der Waals surface area contributed by atoms with Crippen molar-refractivity contribution in [1.29, 1.82) is 5.26 Å². The fraction of sp³-hybridized carbons (Fsp3) is 0.345. The van der Waals surface area contributed by atoms with Gasteiger partial charge in [0.25, 0.3) is 5.91 Å². The van der Waals surface area contributed by atoms with Gasteiger partial charge in [-0.3, -0.25) is 4.79 Å². The molecule has 0 spiro atoms. The van der Waals surface area contributed by atoms with Crippen molar-refractivity contribution >= 4 is 32.8 Å². The number of rotatable bonds is 6. The molecule has 1 aliphatic heterocycles. The molecular weight excluding hydrogens is 526 g/mol. The molecule has 2 fully saturated rings. The molecular formula is C29H29N7O3S. The predicted molar refractivity (Wildman–Crippen MR) is 152 cm³/mol. The first kappa shape index (κ1) is 26.0. The van der Waals surface area contributed by atoms with Crippen molar-refractivity contribution in [2.75, 3.05) is 24.2 Å². The first-order chi connectivity index (χ1) is 19.3. The zero-order valence-electron chi connectivity index (χ0n) is 22.1. The highest BCUT2D eigenvalue weighted by Crippen LogP contribution is 2.42. The molecule has 0 radical (unpaired) electrons. The van der Waals surface area contributed by atoms with E-state index in [1.165, 1.54) is 0 Å². The molecule has 10 nitrogen and oxygen atoms in total. The molecule has 1 N–H and O–H groups in total. The van der Waals surface area contributed by atoms with E-state index in [4.69, 9.17) is 10.1 Å². The maximum atomic E-state index is 13.0. The van der Waals surface area contributed by atoms with Crippen molar-refractivity contribution in [3.8, 4) is 22.9 Å². The summed E-state index contributed by atoms with van der Waals surface area (Å²) in [6.45, 7) is 1.55. The fourth-order valence-electron chi connectivity index (χ4n) is 5.39. The summed E-state index contributed by atoms with van der Waals surface area (Å²) < 4.78 is 27.5. The summed E-state index contributed by atoms with van der Waals surface area (Å²) in [6.07, 6.45) is 7.51. The van der Waals surface area contributed by atoms with E-state index in [-0.39, 0.29) is 17.5 Å². The second-order valence-corrected chi connectivity index (χ2v) is 12.3. The summed E-state index contributed by atoms with van der Waals surface area (Å²) in [4.78, 5) is 24.6. The number of carbonyl (C=O) groups is 1. The zero-order chi connectivity index (χ0) is 27.9. The number of nitrogens with one attached hydrogen (secondary N) is 1. The first-order valence-corrected chi connectivity index (χ1v) is 15.3. The van der Waals surface area contributed by atoms with Crippen LogP contribution in [0.3, 0.4) is 0 Å². The molecule has 4 heterocycles. The van der Waals surface area contributed by atoms with Crippen molar-refractivity contribution in [2.24, 2.45) is 5.92 Å². The monoisotopic (exact) mass is 555 g/mol. The second-order valence-electron chi connectivity index (χ2n) is 10.5. The molecule has 1 saturated heterocycles. The van der Waals surface area contributed by atoms with Gasteiger partial charge in [0.1, 0.15) is 11.5 Å². The maximum absolute atomic E-state index is 13.0. The number of carbonyl (C=O) groups excluding carboxylic acids is 1. The van der Waals surface area contributed by atoms with Crippen LogP contribution >= 0.6 is 0 Å². The lowest BCUT2D eigenvalue weighted by molar-refractivity contribution is 0.0977. The lowest BCUT2D eigenvalue weighted by Crippen LogP contribution is -2.33. The number of nitriles is 1. The van der Waals surface area contributed by atoms with Crippen LogP contribution in [0.4, 0.5) is 5.82 Å². The van der Waals surface area contributed by atoms with Gasteiger partial charge in [0.05, 0.1) is 29.1 Å². The lowest BCUT2D eigenvalue weighted by atomic mass is 9.81. The summed E-state index contributed by atoms with van der Waals surface area (Å²) >= 11 is 0. The number of nitrogens with zero attached hydrogens (tertiary/aromatic N) is 6. The van der Waals surface area contributed by atoms with Crippen LogP contribution < -0.4 is 9.62 Å². The SMILES string of the molecule is CS(=O)(=O)NC(=O)c1cc(-c2ccc(N3CCC(C#N)CC3)nc2)c2c(C3CCC3)nn(-c3ccccc3)c2n1. The Morgan fingerprint density at radius 2 is 1.82 bits per heavy atom. The number of hydrogen-bond donors (Lipinski definition) is 1. The number of pyridine rings is 2. The predicted octanol–water partition coefficient (Wildman–Crippen LogP) is 4.18. The highest BCUT2D eigenvalue weighted by atomic mass is 32.2. The third-order valence-electron chi connectivity index (χ3n) is 7.73. The van der Waals surface area contributed by atoms with Crippen molar-refractivity contribution in [3.05, 3.63) is 66.1 Å². The zero-order valence-corrected chi connectivity index (χ0v) is 22.9. The number of para-hydroxylation sites is 1. The summed E-state index contributed by atoms with van der Waals surface area (Å²) in [5, 5.41) is 15.1. The van der Waals surface area contributed by atoms with E-state index in [1.54, 1.807) is 16.9 Å². The number of fused-ring (bicyclic) bond motifs is 1. The van der Waals surface area contributed by atoms with Gasteiger partial charge >= 0.3 is 0 Å². The summed E-state index contributed by atoms with van der Waals surface area (Å²) in [7, 11) is -3.79. The molecule has 1 amide bonds. The van der Waals surface area contributed by atoms with E-state index in [9.17, 15) is 18.5 Å². The van der Waals surface area contributed by atoms with Gasteiger partial charge in [-0.05, 0) is 61.6 Å². The van der Waals surface area contributed by atoms with Gasteiger partial charge in [-0.2, -0.15) is 10.4 Å². The van der Waals surface area contributed by atoms with Crippen molar-refractivity contribution in [3.63, 3.8) is 0 Å². The molecule has 204 valence electrons. The van der Waals surface area contributed by atoms with Crippen molar-refractivity contribution in [1.82, 2.24) is 24.5 Å². The number of benzene rings is 1. The molecule has 40 heavy (non-hydrogen) atoms. The fourth-order valence-corrected chi connectivity index (χ4v) is 5.84. The van der Waals surface area contributed by atoms with E-state index in [1.807, 2.05) is 47.2 Å². The number of piperidine rings is 1. The van der Waals surface area contributed by atoms with E-state index < -0.39 is 15.9 Å². The summed E-state index contributed by atoms with van der Waals surface area (Å²) in [5.74, 6) is 0.391. The third kappa shape index (κ3) is 5.02. The number of anilines is 1. The van der Waals surface area contributed by atoms with Crippen molar-refractivity contribution < 1.29 is 13.2 Å². The molecule has 0 bridgehead atoms. The first-order valence-electron chi connectivity index (χ1n) is 13.4. The Morgan fingerprint density at radius 1 is 1.07 bits per heavy atom. The van der Waals surface area contributed by atoms with Crippen LogP contribution in [0, 0.1) is 17.2 Å². The van der Waals surface area contributed by atoms with Crippen LogP contribution in [0.15, 0.2) is 54.7 Å². The van der Waals surface area contributed by atoms with Crippen LogP contribution in [0.2, 0.25) is 0 Å². The minimum absolute atomic E-state index is 0.0205. The van der Waals surface area contributed by atoms with Gasteiger partial charge in [0.15, 0.2) is 5.65 Å². The smallest absolute Gasteiger partial charge is 0.283 e. The third-order valence-corrected chi connectivity index (χ3v) is 8.28. The quantitative estimate of drug-likeness (QED) is 0.375. The van der Waals surface area contributed by atoms with Gasteiger partial charge < -0.3 is 4.90 Å². The van der Waals surface area contributed by atoms with Gasteiger partial charge in [0, 0.05) is 36.7 Å². The normalized spacial score (nSPS) is 16.4. The van der Waals surface area contributed by atoms with E-state index in [0.29, 0.717) is 5.65 Å². The Balaban J connectivity index is 1.50. The Hall–Kier alpha value is -4.30. The average molecular weight is 556 g/mol. The molecule has 0 atom stereocenters. The Labute approximate surface area is 232 Å². The highest BCUT2D eigenvalue weighted by molar-refractivity contribution is 7.89. The highest BCUT2D eigenvalue weighted by Gasteiger charge is 2.30. The Morgan fingerprint density at radius 3 is 2.42 bits per heavy atom. The van der Waals surface area contributed by atoms with Crippen LogP contribution in [-0.4, -0.2) is 53.4 Å². The summed E-state index contributed by atoms with van der Waals surface area (Å²) in [6, 6.07) is 17.5. The number of aromatic nitrogens is 4. The Kier molecular flexibility index (Phi) is 6.72.